The van der Waals surface area contributed by atoms with Gasteiger partial charge in [0.2, 0.25) is 0 Å². The number of nitrogens with one attached hydrogen (secondary N) is 1. The highest BCUT2D eigenvalue weighted by Crippen LogP contribution is 2.13. The average molecular weight is 278 g/mol. The Morgan fingerprint density at radius 1 is 1.40 bits per heavy atom. The van der Waals surface area contributed by atoms with Crippen LogP contribution < -0.4 is 11.1 Å². The van der Waals surface area contributed by atoms with Gasteiger partial charge in [-0.25, -0.2) is 4.99 Å². The molecule has 1 aromatic carbocycles. The van der Waals surface area contributed by atoms with Gasteiger partial charge in [0, 0.05) is 18.7 Å². The molecule has 0 heterocycles. The lowest BCUT2D eigenvalue weighted by Gasteiger charge is -2.05. The first-order valence-electron chi connectivity index (χ1n) is 6.90. The second kappa shape index (κ2) is 8.90. The maximum Gasteiger partial charge on any atom is 0.269 e. The lowest BCUT2D eigenvalue weighted by molar-refractivity contribution is -0.384. The third kappa shape index (κ3) is 6.17. The largest absolute Gasteiger partial charge is 0.370 e. The zero-order chi connectivity index (χ0) is 14.8. The number of non-ortho nitro benzene ring substituents is 1. The van der Waals surface area contributed by atoms with E-state index in [4.69, 9.17) is 5.73 Å². The van der Waals surface area contributed by atoms with Crippen LogP contribution in [0.15, 0.2) is 29.3 Å². The number of rotatable bonds is 8. The van der Waals surface area contributed by atoms with Gasteiger partial charge in [-0.15, -0.1) is 0 Å². The number of nitrogens with two attached hydrogens (primary N) is 1. The number of hydrogen-bond acceptors (Lipinski definition) is 3. The second-order valence-corrected chi connectivity index (χ2v) is 4.62. The highest BCUT2D eigenvalue weighted by Gasteiger charge is 2.04. The molecular weight excluding hydrogens is 256 g/mol. The highest BCUT2D eigenvalue weighted by molar-refractivity contribution is 5.77. The quantitative estimate of drug-likeness (QED) is 0.251. The van der Waals surface area contributed by atoms with Crippen molar-refractivity contribution in [2.75, 3.05) is 6.54 Å². The summed E-state index contributed by atoms with van der Waals surface area (Å²) in [5.41, 5.74) is 6.59. The van der Waals surface area contributed by atoms with E-state index in [2.05, 4.69) is 17.2 Å². The van der Waals surface area contributed by atoms with Crippen molar-refractivity contribution in [1.82, 2.24) is 5.32 Å². The molecule has 0 saturated carbocycles. The zero-order valence-electron chi connectivity index (χ0n) is 11.8. The second-order valence-electron chi connectivity index (χ2n) is 4.62. The number of nitrogens with zero attached hydrogens (tertiary/aromatic N) is 2. The summed E-state index contributed by atoms with van der Waals surface area (Å²) in [5, 5.41) is 13.7. The summed E-state index contributed by atoms with van der Waals surface area (Å²) in [5.74, 6) is 0.382. The number of nitro benzene ring substituents is 1. The molecule has 0 aliphatic rings. The number of guanidine groups is 1. The Kier molecular flexibility index (Phi) is 7.10. The fourth-order valence-electron chi connectivity index (χ4n) is 1.77. The first-order chi connectivity index (χ1) is 9.63. The lowest BCUT2D eigenvalue weighted by atomic mass is 10.2. The number of aliphatic imine (C=N–C) groups is 1. The van der Waals surface area contributed by atoms with Gasteiger partial charge in [0.05, 0.1) is 11.5 Å². The molecule has 6 heteroatoms. The van der Waals surface area contributed by atoms with Crippen LogP contribution in [0.1, 0.15) is 38.2 Å². The van der Waals surface area contributed by atoms with Crippen LogP contribution in [-0.4, -0.2) is 17.4 Å². The van der Waals surface area contributed by atoms with Crippen molar-refractivity contribution < 1.29 is 4.92 Å². The van der Waals surface area contributed by atoms with Crippen LogP contribution in [0.2, 0.25) is 0 Å². The van der Waals surface area contributed by atoms with E-state index in [1.165, 1.54) is 31.4 Å². The van der Waals surface area contributed by atoms with Gasteiger partial charge in [0.25, 0.3) is 5.69 Å². The van der Waals surface area contributed by atoms with Crippen molar-refractivity contribution >= 4 is 11.6 Å². The third-order valence-corrected chi connectivity index (χ3v) is 2.89. The van der Waals surface area contributed by atoms with Crippen molar-refractivity contribution in [3.63, 3.8) is 0 Å². The first-order valence-corrected chi connectivity index (χ1v) is 6.90. The SMILES string of the molecule is CCCCCCNC(N)=NCc1cccc([N+](=O)[O-])c1. The molecule has 0 saturated heterocycles. The monoisotopic (exact) mass is 278 g/mol. The molecular formula is C14H22N4O2. The van der Waals surface area contributed by atoms with Crippen molar-refractivity contribution in [3.8, 4) is 0 Å². The maximum atomic E-state index is 10.7. The van der Waals surface area contributed by atoms with Crippen LogP contribution in [-0.2, 0) is 6.54 Å². The van der Waals surface area contributed by atoms with E-state index in [9.17, 15) is 10.1 Å². The fraction of sp³-hybridized carbons (Fsp3) is 0.500. The summed E-state index contributed by atoms with van der Waals surface area (Å²) < 4.78 is 0. The summed E-state index contributed by atoms with van der Waals surface area (Å²) in [6, 6.07) is 6.42. The number of unbranched alkanes of at least 4 members (excludes halogenated alkanes) is 3. The molecule has 0 atom stereocenters. The summed E-state index contributed by atoms with van der Waals surface area (Å²) in [6.07, 6.45) is 4.69. The molecule has 0 fully saturated rings. The van der Waals surface area contributed by atoms with Crippen LogP contribution in [0.25, 0.3) is 0 Å². The Hall–Kier alpha value is -2.11. The summed E-state index contributed by atoms with van der Waals surface area (Å²) >= 11 is 0. The van der Waals surface area contributed by atoms with Crippen molar-refractivity contribution in [2.24, 2.45) is 10.7 Å². The molecule has 0 aromatic heterocycles. The van der Waals surface area contributed by atoms with E-state index >= 15 is 0 Å². The highest BCUT2D eigenvalue weighted by atomic mass is 16.6. The van der Waals surface area contributed by atoms with E-state index in [1.54, 1.807) is 12.1 Å². The predicted molar refractivity (Wildman–Crippen MR) is 80.6 cm³/mol. The minimum Gasteiger partial charge on any atom is -0.370 e. The molecule has 110 valence electrons. The Morgan fingerprint density at radius 2 is 2.20 bits per heavy atom. The summed E-state index contributed by atoms with van der Waals surface area (Å²) in [6.45, 7) is 3.32. The van der Waals surface area contributed by atoms with Crippen LogP contribution in [0, 0.1) is 10.1 Å². The van der Waals surface area contributed by atoms with Crippen molar-refractivity contribution in [1.29, 1.82) is 0 Å². The molecule has 0 radical (unpaired) electrons. The fourth-order valence-corrected chi connectivity index (χ4v) is 1.77. The van der Waals surface area contributed by atoms with E-state index in [1.807, 2.05) is 0 Å². The Balaban J connectivity index is 2.38. The predicted octanol–water partition coefficient (Wildman–Crippen LogP) is 2.58. The van der Waals surface area contributed by atoms with E-state index in [0.29, 0.717) is 12.5 Å². The molecule has 0 aliphatic heterocycles. The van der Waals surface area contributed by atoms with Gasteiger partial charge in [-0.2, -0.15) is 0 Å². The van der Waals surface area contributed by atoms with E-state index in [0.717, 1.165) is 18.5 Å². The average Bonchev–Trinajstić information content (AvgIpc) is 2.45. The van der Waals surface area contributed by atoms with Gasteiger partial charge in [-0.1, -0.05) is 38.3 Å². The van der Waals surface area contributed by atoms with Gasteiger partial charge in [-0.3, -0.25) is 10.1 Å². The third-order valence-electron chi connectivity index (χ3n) is 2.89. The molecule has 0 spiro atoms. The maximum absolute atomic E-state index is 10.7. The smallest absolute Gasteiger partial charge is 0.269 e. The molecule has 0 bridgehead atoms. The van der Waals surface area contributed by atoms with Crippen molar-refractivity contribution in [2.45, 2.75) is 39.2 Å². The minimum absolute atomic E-state index is 0.0730. The van der Waals surface area contributed by atoms with E-state index < -0.39 is 4.92 Å². The van der Waals surface area contributed by atoms with Gasteiger partial charge in [-0.05, 0) is 12.0 Å². The van der Waals surface area contributed by atoms with Crippen LogP contribution in [0.5, 0.6) is 0 Å². The number of benzene rings is 1. The molecule has 0 unspecified atom stereocenters. The van der Waals surface area contributed by atoms with Gasteiger partial charge in [0.1, 0.15) is 0 Å². The summed E-state index contributed by atoms with van der Waals surface area (Å²) in [4.78, 5) is 14.4. The standard InChI is InChI=1S/C14H22N4O2/c1-2-3-4-5-9-16-14(15)17-11-12-7-6-8-13(10-12)18(19)20/h6-8,10H,2-5,9,11H2,1H3,(H3,15,16,17). The van der Waals surface area contributed by atoms with Crippen molar-refractivity contribution in [3.05, 3.63) is 39.9 Å². The molecule has 1 rings (SSSR count). The number of nitro groups is 1. The zero-order valence-corrected chi connectivity index (χ0v) is 11.8. The Morgan fingerprint density at radius 3 is 2.90 bits per heavy atom. The molecule has 20 heavy (non-hydrogen) atoms. The Bertz CT molecular complexity index is 460. The van der Waals surface area contributed by atoms with Crippen LogP contribution in [0.3, 0.4) is 0 Å². The van der Waals surface area contributed by atoms with Gasteiger partial charge >= 0.3 is 0 Å². The molecule has 0 amide bonds. The topological polar surface area (TPSA) is 93.5 Å². The summed E-state index contributed by atoms with van der Waals surface area (Å²) in [7, 11) is 0. The minimum atomic E-state index is -0.414. The Labute approximate surface area is 119 Å². The van der Waals surface area contributed by atoms with Gasteiger partial charge in [0.15, 0.2) is 5.96 Å². The molecule has 3 N–H and O–H groups in total. The normalized spacial score (nSPS) is 11.3. The number of hydrogen-bond donors (Lipinski definition) is 2. The van der Waals surface area contributed by atoms with E-state index in [-0.39, 0.29) is 5.69 Å². The van der Waals surface area contributed by atoms with Crippen LogP contribution >= 0.6 is 0 Å². The lowest BCUT2D eigenvalue weighted by Crippen LogP contribution is -2.32. The molecule has 0 aliphatic carbocycles. The van der Waals surface area contributed by atoms with Gasteiger partial charge < -0.3 is 11.1 Å². The van der Waals surface area contributed by atoms with Crippen LogP contribution in [0.4, 0.5) is 5.69 Å². The first kappa shape index (κ1) is 15.9. The molecule has 1 aromatic rings. The molecule has 6 nitrogen and oxygen atoms in total.